The standard InChI is InChI=1S/C10H12N6O2S/c1-5-4-6(17)13-9(12-5)19-10-15-7(11-2)14-8(16-10)18-3/h4H,1-3H3,(H,12,13,17)(H,11,14,15,16). The third-order valence-electron chi connectivity index (χ3n) is 2.04. The second kappa shape index (κ2) is 5.65. The van der Waals surface area contributed by atoms with Crippen LogP contribution in [-0.4, -0.2) is 39.1 Å². The Hall–Kier alpha value is -2.16. The van der Waals surface area contributed by atoms with Crippen LogP contribution in [0.25, 0.3) is 0 Å². The molecule has 9 heteroatoms. The third kappa shape index (κ3) is 3.41. The highest BCUT2D eigenvalue weighted by Crippen LogP contribution is 2.22. The number of anilines is 1. The highest BCUT2D eigenvalue weighted by Gasteiger charge is 2.09. The second-order valence-electron chi connectivity index (χ2n) is 3.47. The number of hydrogen-bond acceptors (Lipinski definition) is 8. The van der Waals surface area contributed by atoms with Crippen molar-refractivity contribution in [2.24, 2.45) is 0 Å². The zero-order valence-electron chi connectivity index (χ0n) is 10.6. The van der Waals surface area contributed by atoms with Crippen molar-refractivity contribution in [3.05, 3.63) is 22.1 Å². The Morgan fingerprint density at radius 1 is 1.32 bits per heavy atom. The van der Waals surface area contributed by atoms with Gasteiger partial charge in [-0.05, 0) is 18.7 Å². The van der Waals surface area contributed by atoms with E-state index in [0.29, 0.717) is 22.0 Å². The van der Waals surface area contributed by atoms with Crippen LogP contribution in [0.15, 0.2) is 21.2 Å². The number of H-pyrrole nitrogens is 1. The van der Waals surface area contributed by atoms with E-state index >= 15 is 0 Å². The molecule has 0 atom stereocenters. The molecule has 2 N–H and O–H groups in total. The van der Waals surface area contributed by atoms with Gasteiger partial charge in [-0.3, -0.25) is 4.79 Å². The molecular formula is C10H12N6O2S. The van der Waals surface area contributed by atoms with Crippen molar-refractivity contribution in [2.45, 2.75) is 17.2 Å². The van der Waals surface area contributed by atoms with Crippen molar-refractivity contribution in [3.63, 3.8) is 0 Å². The minimum Gasteiger partial charge on any atom is -0.467 e. The molecule has 2 aromatic rings. The van der Waals surface area contributed by atoms with E-state index in [9.17, 15) is 4.79 Å². The van der Waals surface area contributed by atoms with E-state index in [1.54, 1.807) is 14.0 Å². The molecule has 19 heavy (non-hydrogen) atoms. The molecule has 2 aromatic heterocycles. The molecule has 2 rings (SSSR count). The summed E-state index contributed by atoms with van der Waals surface area (Å²) in [6.45, 7) is 1.74. The first kappa shape index (κ1) is 13.3. The van der Waals surface area contributed by atoms with Gasteiger partial charge in [-0.2, -0.15) is 15.0 Å². The third-order valence-corrected chi connectivity index (χ3v) is 2.79. The van der Waals surface area contributed by atoms with E-state index in [1.165, 1.54) is 13.2 Å². The van der Waals surface area contributed by atoms with Crippen LogP contribution in [0.2, 0.25) is 0 Å². The Kier molecular flexibility index (Phi) is 3.95. The summed E-state index contributed by atoms with van der Waals surface area (Å²) in [5.41, 5.74) is 0.408. The SMILES string of the molecule is CNc1nc(OC)nc(Sc2nc(C)cc(=O)[nH]2)n1. The Morgan fingerprint density at radius 2 is 2.11 bits per heavy atom. The lowest BCUT2D eigenvalue weighted by atomic mass is 10.5. The highest BCUT2D eigenvalue weighted by molar-refractivity contribution is 7.99. The van der Waals surface area contributed by atoms with Crippen LogP contribution in [0.4, 0.5) is 5.95 Å². The molecule has 0 saturated heterocycles. The van der Waals surface area contributed by atoms with E-state index < -0.39 is 0 Å². The van der Waals surface area contributed by atoms with Crippen LogP contribution in [0.5, 0.6) is 6.01 Å². The first-order valence-corrected chi connectivity index (χ1v) is 6.16. The first-order chi connectivity index (χ1) is 9.10. The smallest absolute Gasteiger partial charge is 0.321 e. The van der Waals surface area contributed by atoms with Gasteiger partial charge in [0.15, 0.2) is 5.16 Å². The molecule has 0 spiro atoms. The summed E-state index contributed by atoms with van der Waals surface area (Å²) in [5, 5.41) is 3.60. The molecule has 0 fully saturated rings. The average molecular weight is 280 g/mol. The fourth-order valence-corrected chi connectivity index (χ4v) is 2.04. The van der Waals surface area contributed by atoms with Crippen LogP contribution in [0, 0.1) is 6.92 Å². The lowest BCUT2D eigenvalue weighted by molar-refractivity contribution is 0.374. The van der Waals surface area contributed by atoms with E-state index in [-0.39, 0.29) is 11.6 Å². The normalized spacial score (nSPS) is 10.3. The fourth-order valence-electron chi connectivity index (χ4n) is 1.27. The average Bonchev–Trinajstić information content (AvgIpc) is 2.37. The molecule has 8 nitrogen and oxygen atoms in total. The van der Waals surface area contributed by atoms with Crippen molar-refractivity contribution < 1.29 is 4.74 Å². The van der Waals surface area contributed by atoms with Crippen LogP contribution in [0.1, 0.15) is 5.69 Å². The Bertz CT molecular complexity index is 622. The van der Waals surface area contributed by atoms with Crippen molar-refractivity contribution in [1.29, 1.82) is 0 Å². The molecule has 0 aliphatic rings. The minimum absolute atomic E-state index is 0.192. The monoisotopic (exact) mass is 280 g/mol. The van der Waals surface area contributed by atoms with Gasteiger partial charge in [-0.25, -0.2) is 4.98 Å². The number of ether oxygens (including phenoxy) is 1. The predicted molar refractivity (Wildman–Crippen MR) is 69.6 cm³/mol. The van der Waals surface area contributed by atoms with Gasteiger partial charge in [-0.15, -0.1) is 0 Å². The maximum Gasteiger partial charge on any atom is 0.321 e. The molecule has 100 valence electrons. The lowest BCUT2D eigenvalue weighted by Gasteiger charge is -2.04. The molecule has 0 aliphatic heterocycles. The van der Waals surface area contributed by atoms with Gasteiger partial charge in [0, 0.05) is 18.8 Å². The van der Waals surface area contributed by atoms with Crippen LogP contribution in [-0.2, 0) is 0 Å². The molecule has 0 unspecified atom stereocenters. The largest absolute Gasteiger partial charge is 0.467 e. The molecule has 2 heterocycles. The van der Waals surface area contributed by atoms with Crippen molar-refractivity contribution >= 4 is 17.7 Å². The topological polar surface area (TPSA) is 106 Å². The van der Waals surface area contributed by atoms with Gasteiger partial charge in [0.25, 0.3) is 5.56 Å². The van der Waals surface area contributed by atoms with Crippen LogP contribution in [0.3, 0.4) is 0 Å². The Morgan fingerprint density at radius 3 is 2.74 bits per heavy atom. The van der Waals surface area contributed by atoms with Gasteiger partial charge < -0.3 is 15.0 Å². The van der Waals surface area contributed by atoms with Gasteiger partial charge in [0.1, 0.15) is 0 Å². The molecule has 0 bridgehead atoms. The highest BCUT2D eigenvalue weighted by atomic mass is 32.2. The van der Waals surface area contributed by atoms with E-state index in [4.69, 9.17) is 4.74 Å². The van der Waals surface area contributed by atoms with Crippen molar-refractivity contribution in [3.8, 4) is 6.01 Å². The summed E-state index contributed by atoms with van der Waals surface area (Å²) in [6, 6.07) is 1.61. The lowest BCUT2D eigenvalue weighted by Crippen LogP contribution is -2.08. The number of aromatic amines is 1. The molecular weight excluding hydrogens is 268 g/mol. The quantitative estimate of drug-likeness (QED) is 0.778. The summed E-state index contributed by atoms with van der Waals surface area (Å²) in [7, 11) is 3.16. The molecule has 0 radical (unpaired) electrons. The molecule has 0 amide bonds. The first-order valence-electron chi connectivity index (χ1n) is 5.34. The Balaban J connectivity index is 2.34. The second-order valence-corrected chi connectivity index (χ2v) is 4.43. The Labute approximate surface area is 113 Å². The number of nitrogens with zero attached hydrogens (tertiary/aromatic N) is 4. The van der Waals surface area contributed by atoms with Gasteiger partial charge in [0.2, 0.25) is 11.1 Å². The number of methoxy groups -OCH3 is 1. The van der Waals surface area contributed by atoms with E-state index in [0.717, 1.165) is 11.8 Å². The number of hydrogen-bond donors (Lipinski definition) is 2. The fraction of sp³-hybridized carbons (Fsp3) is 0.300. The van der Waals surface area contributed by atoms with Gasteiger partial charge in [-0.1, -0.05) is 0 Å². The maximum absolute atomic E-state index is 11.3. The maximum atomic E-state index is 11.3. The van der Waals surface area contributed by atoms with Crippen molar-refractivity contribution in [1.82, 2.24) is 24.9 Å². The molecule has 0 saturated carbocycles. The van der Waals surface area contributed by atoms with Crippen LogP contribution >= 0.6 is 11.8 Å². The molecule has 0 aromatic carbocycles. The number of aromatic nitrogens is 5. The summed E-state index contributed by atoms with van der Waals surface area (Å²) in [5.74, 6) is 0.379. The zero-order chi connectivity index (χ0) is 13.8. The van der Waals surface area contributed by atoms with E-state index in [2.05, 4.69) is 30.2 Å². The summed E-state index contributed by atoms with van der Waals surface area (Å²) < 4.78 is 4.97. The summed E-state index contributed by atoms with van der Waals surface area (Å²) >= 11 is 1.13. The van der Waals surface area contributed by atoms with Gasteiger partial charge in [0.05, 0.1) is 7.11 Å². The number of rotatable bonds is 4. The number of nitrogens with one attached hydrogen (secondary N) is 2. The van der Waals surface area contributed by atoms with E-state index in [1.807, 2.05) is 0 Å². The van der Waals surface area contributed by atoms with Crippen LogP contribution < -0.4 is 15.6 Å². The summed E-state index contributed by atoms with van der Waals surface area (Å²) in [6.07, 6.45) is 0. The predicted octanol–water partition coefficient (Wildman–Crippen LogP) is 0.465. The van der Waals surface area contributed by atoms with Gasteiger partial charge >= 0.3 is 6.01 Å². The summed E-state index contributed by atoms with van der Waals surface area (Å²) in [4.78, 5) is 30.3. The van der Waals surface area contributed by atoms with Crippen molar-refractivity contribution in [2.75, 3.05) is 19.5 Å². The zero-order valence-corrected chi connectivity index (χ0v) is 11.4. The molecule has 0 aliphatic carbocycles. The number of aryl methyl sites for hydroxylation is 1. The minimum atomic E-state index is -0.218.